The lowest BCUT2D eigenvalue weighted by Gasteiger charge is -2.44. The standard InChI is InChI=1S/C18H25N3/c1-13-11-16-9-10-17-12-15(20-18(19-13)21(16)17)8-7-14-5-3-2-4-6-14/h2-6,13,15-17H,7-12H2,1H3,(H,19,20)/t13-,15+,16+,17-/m0/s1. The van der Waals surface area contributed by atoms with E-state index in [1.165, 1.54) is 43.6 Å². The van der Waals surface area contributed by atoms with Gasteiger partial charge in [0.2, 0.25) is 0 Å². The van der Waals surface area contributed by atoms with E-state index in [9.17, 15) is 0 Å². The molecular formula is C18H25N3. The van der Waals surface area contributed by atoms with Crippen LogP contribution < -0.4 is 5.32 Å². The molecule has 3 heteroatoms. The molecule has 3 aliphatic heterocycles. The summed E-state index contributed by atoms with van der Waals surface area (Å²) in [5, 5.41) is 3.62. The molecule has 3 nitrogen and oxygen atoms in total. The number of hydrogen-bond acceptors (Lipinski definition) is 3. The molecule has 21 heavy (non-hydrogen) atoms. The van der Waals surface area contributed by atoms with E-state index in [2.05, 4.69) is 47.5 Å². The number of nitrogens with one attached hydrogen (secondary N) is 1. The van der Waals surface area contributed by atoms with Crippen molar-refractivity contribution in [2.75, 3.05) is 0 Å². The van der Waals surface area contributed by atoms with Gasteiger partial charge in [0.25, 0.3) is 0 Å². The van der Waals surface area contributed by atoms with Gasteiger partial charge in [-0.2, -0.15) is 0 Å². The van der Waals surface area contributed by atoms with Gasteiger partial charge in [-0.15, -0.1) is 0 Å². The second-order valence-corrected chi connectivity index (χ2v) is 6.94. The molecular weight excluding hydrogens is 258 g/mol. The Morgan fingerprint density at radius 2 is 1.90 bits per heavy atom. The van der Waals surface area contributed by atoms with Crippen molar-refractivity contribution in [2.45, 2.75) is 69.6 Å². The van der Waals surface area contributed by atoms with Gasteiger partial charge in [0.1, 0.15) is 0 Å². The van der Waals surface area contributed by atoms with Crippen LogP contribution in [0.3, 0.4) is 0 Å². The maximum Gasteiger partial charge on any atom is 0.194 e. The van der Waals surface area contributed by atoms with Crippen molar-refractivity contribution < 1.29 is 0 Å². The first-order valence-corrected chi connectivity index (χ1v) is 8.46. The number of benzene rings is 1. The van der Waals surface area contributed by atoms with Crippen LogP contribution in [0, 0.1) is 0 Å². The highest BCUT2D eigenvalue weighted by Gasteiger charge is 2.43. The number of aliphatic imine (C=N–C) groups is 1. The Morgan fingerprint density at radius 1 is 1.14 bits per heavy atom. The molecule has 0 aromatic heterocycles. The Labute approximate surface area is 127 Å². The van der Waals surface area contributed by atoms with E-state index in [4.69, 9.17) is 4.99 Å². The summed E-state index contributed by atoms with van der Waals surface area (Å²) in [7, 11) is 0. The molecule has 3 aliphatic rings. The Balaban J connectivity index is 1.47. The van der Waals surface area contributed by atoms with Crippen LogP contribution in [0.25, 0.3) is 0 Å². The molecule has 4 rings (SSSR count). The monoisotopic (exact) mass is 283 g/mol. The molecule has 3 heterocycles. The summed E-state index contributed by atoms with van der Waals surface area (Å²) < 4.78 is 0. The third kappa shape index (κ3) is 2.54. The topological polar surface area (TPSA) is 27.6 Å². The summed E-state index contributed by atoms with van der Waals surface area (Å²) in [4.78, 5) is 7.64. The molecule has 2 saturated heterocycles. The molecule has 112 valence electrons. The summed E-state index contributed by atoms with van der Waals surface area (Å²) >= 11 is 0. The van der Waals surface area contributed by atoms with E-state index in [0.29, 0.717) is 12.1 Å². The molecule has 0 bridgehead atoms. The van der Waals surface area contributed by atoms with Crippen molar-refractivity contribution in [3.8, 4) is 0 Å². The molecule has 1 aromatic rings. The third-order valence-corrected chi connectivity index (χ3v) is 5.32. The summed E-state index contributed by atoms with van der Waals surface area (Å²) in [6.45, 7) is 2.29. The SMILES string of the molecule is C[C@H]1C[C@H]2CC[C@H]3C[C@@H](CCc4ccccc4)N=C(N1)N23. The predicted molar refractivity (Wildman–Crippen MR) is 86.5 cm³/mol. The smallest absolute Gasteiger partial charge is 0.194 e. The molecule has 1 aromatic carbocycles. The van der Waals surface area contributed by atoms with E-state index in [-0.39, 0.29) is 0 Å². The van der Waals surface area contributed by atoms with Crippen LogP contribution in [-0.2, 0) is 6.42 Å². The lowest BCUT2D eigenvalue weighted by Crippen LogP contribution is -2.59. The number of rotatable bonds is 3. The van der Waals surface area contributed by atoms with Crippen molar-refractivity contribution in [3.63, 3.8) is 0 Å². The number of aryl methyl sites for hydroxylation is 1. The van der Waals surface area contributed by atoms with Crippen LogP contribution in [-0.4, -0.2) is 35.0 Å². The Kier molecular flexibility index (Phi) is 3.36. The Morgan fingerprint density at radius 3 is 2.71 bits per heavy atom. The molecule has 0 amide bonds. The van der Waals surface area contributed by atoms with Gasteiger partial charge in [-0.25, -0.2) is 4.99 Å². The lowest BCUT2D eigenvalue weighted by molar-refractivity contribution is 0.210. The molecule has 0 radical (unpaired) electrons. The second kappa shape index (κ2) is 5.36. The summed E-state index contributed by atoms with van der Waals surface area (Å²) in [5.41, 5.74) is 1.44. The molecule has 0 aliphatic carbocycles. The van der Waals surface area contributed by atoms with Crippen LogP contribution in [0.15, 0.2) is 35.3 Å². The molecule has 4 atom stereocenters. The summed E-state index contributed by atoms with van der Waals surface area (Å²) in [5.74, 6) is 1.20. The van der Waals surface area contributed by atoms with Gasteiger partial charge in [-0.3, -0.25) is 0 Å². The van der Waals surface area contributed by atoms with Gasteiger partial charge in [0.05, 0.1) is 6.04 Å². The average molecular weight is 283 g/mol. The minimum atomic E-state index is 0.498. The molecule has 0 spiro atoms. The van der Waals surface area contributed by atoms with E-state index >= 15 is 0 Å². The zero-order valence-corrected chi connectivity index (χ0v) is 12.8. The number of hydrogen-bond donors (Lipinski definition) is 1. The predicted octanol–water partition coefficient (Wildman–Crippen LogP) is 2.96. The first-order chi connectivity index (χ1) is 10.3. The van der Waals surface area contributed by atoms with E-state index in [1.54, 1.807) is 0 Å². The number of guanidine groups is 1. The lowest BCUT2D eigenvalue weighted by atomic mass is 9.97. The van der Waals surface area contributed by atoms with E-state index in [1.807, 2.05) is 0 Å². The quantitative estimate of drug-likeness (QED) is 0.923. The fourth-order valence-corrected chi connectivity index (χ4v) is 4.34. The van der Waals surface area contributed by atoms with Crippen LogP contribution >= 0.6 is 0 Å². The van der Waals surface area contributed by atoms with Crippen molar-refractivity contribution in [1.29, 1.82) is 0 Å². The van der Waals surface area contributed by atoms with Gasteiger partial charge in [-0.1, -0.05) is 30.3 Å². The zero-order valence-electron chi connectivity index (χ0n) is 12.8. The maximum atomic E-state index is 5.04. The molecule has 0 saturated carbocycles. The van der Waals surface area contributed by atoms with Gasteiger partial charge in [-0.05, 0) is 51.0 Å². The minimum absolute atomic E-state index is 0.498. The van der Waals surface area contributed by atoms with Gasteiger partial charge >= 0.3 is 0 Å². The average Bonchev–Trinajstić information content (AvgIpc) is 2.90. The minimum Gasteiger partial charge on any atom is -0.354 e. The summed E-state index contributed by atoms with van der Waals surface area (Å²) in [6, 6.07) is 13.4. The maximum absolute atomic E-state index is 5.04. The first-order valence-electron chi connectivity index (χ1n) is 8.46. The largest absolute Gasteiger partial charge is 0.354 e. The highest BCUT2D eigenvalue weighted by atomic mass is 15.4. The van der Waals surface area contributed by atoms with Crippen LogP contribution in [0.2, 0.25) is 0 Å². The zero-order chi connectivity index (χ0) is 14.2. The van der Waals surface area contributed by atoms with Crippen molar-refractivity contribution in [2.24, 2.45) is 4.99 Å². The highest BCUT2D eigenvalue weighted by molar-refractivity contribution is 5.83. The van der Waals surface area contributed by atoms with E-state index in [0.717, 1.165) is 18.5 Å². The Bertz CT molecular complexity index is 525. The van der Waals surface area contributed by atoms with Crippen LogP contribution in [0.5, 0.6) is 0 Å². The van der Waals surface area contributed by atoms with Crippen molar-refractivity contribution in [1.82, 2.24) is 10.2 Å². The van der Waals surface area contributed by atoms with Gasteiger partial charge < -0.3 is 10.2 Å². The fourth-order valence-electron chi connectivity index (χ4n) is 4.34. The Hall–Kier alpha value is -1.51. The van der Waals surface area contributed by atoms with Crippen molar-refractivity contribution in [3.05, 3.63) is 35.9 Å². The first kappa shape index (κ1) is 13.2. The van der Waals surface area contributed by atoms with Crippen LogP contribution in [0.1, 0.15) is 44.6 Å². The summed E-state index contributed by atoms with van der Waals surface area (Å²) in [6.07, 6.45) is 7.58. The highest BCUT2D eigenvalue weighted by Crippen LogP contribution is 2.36. The normalized spacial score (nSPS) is 34.1. The third-order valence-electron chi connectivity index (χ3n) is 5.32. The van der Waals surface area contributed by atoms with Gasteiger partial charge in [0.15, 0.2) is 5.96 Å². The second-order valence-electron chi connectivity index (χ2n) is 6.94. The fraction of sp³-hybridized carbons (Fsp3) is 0.611. The van der Waals surface area contributed by atoms with Crippen LogP contribution in [0.4, 0.5) is 0 Å². The van der Waals surface area contributed by atoms with Crippen molar-refractivity contribution >= 4 is 5.96 Å². The molecule has 1 N–H and O–H groups in total. The number of nitrogens with zero attached hydrogens (tertiary/aromatic N) is 2. The molecule has 0 unspecified atom stereocenters. The molecule has 2 fully saturated rings. The van der Waals surface area contributed by atoms with E-state index < -0.39 is 0 Å². The van der Waals surface area contributed by atoms with Gasteiger partial charge in [0, 0.05) is 18.1 Å².